The number of rotatable bonds is 9. The Labute approximate surface area is 168 Å². The third kappa shape index (κ3) is 6.75. The average Bonchev–Trinajstić information content (AvgIpc) is 2.71. The molecule has 1 saturated heterocycles. The van der Waals surface area contributed by atoms with E-state index in [4.69, 9.17) is 15.6 Å². The van der Waals surface area contributed by atoms with E-state index in [9.17, 15) is 19.2 Å². The Balaban J connectivity index is 1.88. The number of carboxylic acid groups (broad SMARTS) is 1. The lowest BCUT2D eigenvalue weighted by molar-refractivity contribution is -0.155. The third-order valence-corrected chi connectivity index (χ3v) is 4.51. The SMILES string of the molecule is NCCC[C@H]1C(=O)N(CC(=O)O)CCN1C(=O)CNC(=O)OCc1ccccc1. The summed E-state index contributed by atoms with van der Waals surface area (Å²) >= 11 is 0. The first-order valence-corrected chi connectivity index (χ1v) is 9.37. The van der Waals surface area contributed by atoms with Crippen molar-refractivity contribution in [3.05, 3.63) is 35.9 Å². The van der Waals surface area contributed by atoms with E-state index in [1.807, 2.05) is 30.3 Å². The number of carboxylic acids is 1. The fraction of sp³-hybridized carbons (Fsp3) is 0.474. The van der Waals surface area contributed by atoms with Gasteiger partial charge in [-0.25, -0.2) is 4.79 Å². The van der Waals surface area contributed by atoms with Gasteiger partial charge in [0.15, 0.2) is 0 Å². The van der Waals surface area contributed by atoms with E-state index in [1.54, 1.807) is 0 Å². The lowest BCUT2D eigenvalue weighted by Gasteiger charge is -2.40. The minimum atomic E-state index is -1.11. The van der Waals surface area contributed by atoms with Crippen molar-refractivity contribution in [3.63, 3.8) is 0 Å². The number of amides is 3. The minimum absolute atomic E-state index is 0.0757. The number of alkyl carbamates (subject to hydrolysis) is 1. The topological polar surface area (TPSA) is 142 Å². The number of benzene rings is 1. The summed E-state index contributed by atoms with van der Waals surface area (Å²) in [7, 11) is 0. The molecule has 1 aliphatic rings. The standard InChI is InChI=1S/C19H26N4O6/c20-8-4-7-15-18(27)22(12-17(25)26)9-10-23(15)16(24)11-21-19(28)29-13-14-5-2-1-3-6-14/h1-3,5-6,15H,4,7-13,20H2,(H,21,28)(H,25,26)/t15-/m0/s1. The highest BCUT2D eigenvalue weighted by Crippen LogP contribution is 2.16. The first kappa shape index (κ1) is 22.2. The molecule has 0 saturated carbocycles. The van der Waals surface area contributed by atoms with Crippen LogP contribution in [0.25, 0.3) is 0 Å². The molecule has 10 heteroatoms. The number of carbonyl (C=O) groups excluding carboxylic acids is 3. The van der Waals surface area contributed by atoms with Crippen LogP contribution in [0.4, 0.5) is 4.79 Å². The predicted octanol–water partition coefficient (Wildman–Crippen LogP) is -0.224. The number of nitrogens with zero attached hydrogens (tertiary/aromatic N) is 2. The van der Waals surface area contributed by atoms with Gasteiger partial charge in [-0.15, -0.1) is 0 Å². The zero-order chi connectivity index (χ0) is 21.2. The van der Waals surface area contributed by atoms with Crippen LogP contribution in [-0.4, -0.2) is 77.5 Å². The summed E-state index contributed by atoms with van der Waals surface area (Å²) in [6, 6.07) is 8.32. The number of aliphatic carboxylic acids is 1. The Kier molecular flexibility index (Phi) is 8.41. The van der Waals surface area contributed by atoms with Gasteiger partial charge >= 0.3 is 12.1 Å². The fourth-order valence-electron chi connectivity index (χ4n) is 3.07. The molecule has 0 bridgehead atoms. The molecule has 1 heterocycles. The Morgan fingerprint density at radius 2 is 1.93 bits per heavy atom. The van der Waals surface area contributed by atoms with E-state index >= 15 is 0 Å². The number of carbonyl (C=O) groups is 4. The molecule has 3 amide bonds. The molecule has 1 aromatic carbocycles. The van der Waals surface area contributed by atoms with Crippen LogP contribution in [0.15, 0.2) is 30.3 Å². The summed E-state index contributed by atoms with van der Waals surface area (Å²) in [5.41, 5.74) is 6.33. The lowest BCUT2D eigenvalue weighted by Crippen LogP contribution is -2.60. The molecule has 0 unspecified atom stereocenters. The molecule has 0 aromatic heterocycles. The van der Waals surface area contributed by atoms with Crippen LogP contribution in [-0.2, 0) is 25.7 Å². The van der Waals surface area contributed by atoms with Gasteiger partial charge in [0.2, 0.25) is 11.8 Å². The Bertz CT molecular complexity index is 727. The van der Waals surface area contributed by atoms with Crippen molar-refractivity contribution in [2.45, 2.75) is 25.5 Å². The number of hydrogen-bond donors (Lipinski definition) is 3. The normalized spacial score (nSPS) is 16.4. The Morgan fingerprint density at radius 1 is 1.21 bits per heavy atom. The third-order valence-electron chi connectivity index (χ3n) is 4.51. The first-order valence-electron chi connectivity index (χ1n) is 9.37. The molecule has 29 heavy (non-hydrogen) atoms. The highest BCUT2D eigenvalue weighted by Gasteiger charge is 2.37. The van der Waals surface area contributed by atoms with Gasteiger partial charge in [0, 0.05) is 13.1 Å². The van der Waals surface area contributed by atoms with Gasteiger partial charge in [0.25, 0.3) is 0 Å². The molecule has 0 aliphatic carbocycles. The molecular weight excluding hydrogens is 380 g/mol. The molecule has 10 nitrogen and oxygen atoms in total. The van der Waals surface area contributed by atoms with Gasteiger partial charge in [0.1, 0.15) is 25.7 Å². The van der Waals surface area contributed by atoms with Gasteiger partial charge in [-0.2, -0.15) is 0 Å². The van der Waals surface area contributed by atoms with Crippen molar-refractivity contribution in [3.8, 4) is 0 Å². The molecule has 1 aromatic rings. The highest BCUT2D eigenvalue weighted by atomic mass is 16.5. The zero-order valence-electron chi connectivity index (χ0n) is 16.1. The summed E-state index contributed by atoms with van der Waals surface area (Å²) in [5, 5.41) is 11.3. The summed E-state index contributed by atoms with van der Waals surface area (Å²) in [4.78, 5) is 50.5. The maximum absolute atomic E-state index is 12.6. The number of piperazine rings is 1. The Morgan fingerprint density at radius 3 is 2.59 bits per heavy atom. The summed E-state index contributed by atoms with van der Waals surface area (Å²) in [6.45, 7) is -0.00750. The van der Waals surface area contributed by atoms with Crippen LogP contribution in [0.1, 0.15) is 18.4 Å². The fourth-order valence-corrected chi connectivity index (χ4v) is 3.07. The number of nitrogens with one attached hydrogen (secondary N) is 1. The van der Waals surface area contributed by atoms with Crippen LogP contribution in [0, 0.1) is 0 Å². The van der Waals surface area contributed by atoms with Gasteiger partial charge < -0.3 is 30.7 Å². The second-order valence-corrected chi connectivity index (χ2v) is 6.60. The minimum Gasteiger partial charge on any atom is -0.480 e. The summed E-state index contributed by atoms with van der Waals surface area (Å²) in [5.74, 6) is -1.97. The maximum atomic E-state index is 12.6. The van der Waals surface area contributed by atoms with E-state index in [1.165, 1.54) is 9.80 Å². The molecule has 1 atom stereocenters. The second-order valence-electron chi connectivity index (χ2n) is 6.60. The van der Waals surface area contributed by atoms with Crippen LogP contribution in [0.2, 0.25) is 0 Å². The van der Waals surface area contributed by atoms with Crippen LogP contribution in [0.3, 0.4) is 0 Å². The van der Waals surface area contributed by atoms with E-state index < -0.39 is 36.5 Å². The number of hydrogen-bond acceptors (Lipinski definition) is 6. The summed E-state index contributed by atoms with van der Waals surface area (Å²) in [6.07, 6.45) is 0.0973. The molecule has 2 rings (SSSR count). The van der Waals surface area contributed by atoms with Crippen LogP contribution in [0.5, 0.6) is 0 Å². The molecular formula is C19H26N4O6. The molecule has 1 aliphatic heterocycles. The van der Waals surface area contributed by atoms with Crippen LogP contribution >= 0.6 is 0 Å². The second kappa shape index (κ2) is 11.0. The van der Waals surface area contributed by atoms with Crippen molar-refractivity contribution in [2.75, 3.05) is 32.7 Å². The monoisotopic (exact) mass is 406 g/mol. The number of nitrogens with two attached hydrogens (primary N) is 1. The molecule has 1 fully saturated rings. The smallest absolute Gasteiger partial charge is 0.407 e. The lowest BCUT2D eigenvalue weighted by atomic mass is 10.0. The quantitative estimate of drug-likeness (QED) is 0.514. The van der Waals surface area contributed by atoms with Crippen LogP contribution < -0.4 is 11.1 Å². The average molecular weight is 406 g/mol. The maximum Gasteiger partial charge on any atom is 0.407 e. The van der Waals surface area contributed by atoms with Crippen molar-refractivity contribution in [1.82, 2.24) is 15.1 Å². The van der Waals surface area contributed by atoms with Gasteiger partial charge in [-0.3, -0.25) is 14.4 Å². The van der Waals surface area contributed by atoms with E-state index in [2.05, 4.69) is 5.32 Å². The number of ether oxygens (including phenoxy) is 1. The Hall–Kier alpha value is -3.14. The van der Waals surface area contributed by atoms with E-state index in [0.717, 1.165) is 5.56 Å². The van der Waals surface area contributed by atoms with E-state index in [0.29, 0.717) is 19.4 Å². The molecule has 4 N–H and O–H groups in total. The first-order chi connectivity index (χ1) is 13.9. The van der Waals surface area contributed by atoms with E-state index in [-0.39, 0.29) is 26.2 Å². The molecule has 0 spiro atoms. The van der Waals surface area contributed by atoms with Gasteiger partial charge in [-0.1, -0.05) is 30.3 Å². The molecule has 158 valence electrons. The van der Waals surface area contributed by atoms with Gasteiger partial charge in [0.05, 0.1) is 0 Å². The zero-order valence-corrected chi connectivity index (χ0v) is 16.1. The largest absolute Gasteiger partial charge is 0.480 e. The van der Waals surface area contributed by atoms with Crippen molar-refractivity contribution in [1.29, 1.82) is 0 Å². The summed E-state index contributed by atoms with van der Waals surface area (Å²) < 4.78 is 5.06. The molecule has 0 radical (unpaired) electrons. The van der Waals surface area contributed by atoms with Crippen molar-refractivity contribution >= 4 is 23.9 Å². The predicted molar refractivity (Wildman–Crippen MR) is 103 cm³/mol. The van der Waals surface area contributed by atoms with Crippen molar-refractivity contribution < 1.29 is 29.0 Å². The van der Waals surface area contributed by atoms with Gasteiger partial charge in [-0.05, 0) is 24.9 Å². The highest BCUT2D eigenvalue weighted by molar-refractivity contribution is 5.92. The van der Waals surface area contributed by atoms with Crippen molar-refractivity contribution in [2.24, 2.45) is 5.73 Å².